The fourth-order valence-corrected chi connectivity index (χ4v) is 2.73. The SMILES string of the molecule is CCn1c(=O)c(C(=O)NCc2ccccc2C(F)(F)F)nc2cccnc21. The number of hydrogen-bond acceptors (Lipinski definition) is 4. The van der Waals surface area contributed by atoms with Gasteiger partial charge in [-0.05, 0) is 30.7 Å². The summed E-state index contributed by atoms with van der Waals surface area (Å²) in [7, 11) is 0. The maximum absolute atomic E-state index is 13.0. The highest BCUT2D eigenvalue weighted by Gasteiger charge is 2.33. The van der Waals surface area contributed by atoms with E-state index in [1.165, 1.54) is 29.0 Å². The zero-order valence-electron chi connectivity index (χ0n) is 14.2. The van der Waals surface area contributed by atoms with Crippen molar-refractivity contribution in [3.8, 4) is 0 Å². The van der Waals surface area contributed by atoms with Gasteiger partial charge in [0.25, 0.3) is 11.5 Å². The summed E-state index contributed by atoms with van der Waals surface area (Å²) in [5.41, 5.74) is -1.29. The number of rotatable bonds is 4. The van der Waals surface area contributed by atoms with E-state index in [4.69, 9.17) is 0 Å². The number of nitrogens with zero attached hydrogens (tertiary/aromatic N) is 3. The molecule has 0 aliphatic heterocycles. The minimum atomic E-state index is -4.54. The summed E-state index contributed by atoms with van der Waals surface area (Å²) in [6, 6.07) is 8.13. The highest BCUT2D eigenvalue weighted by molar-refractivity contribution is 5.93. The van der Waals surface area contributed by atoms with Gasteiger partial charge in [0.15, 0.2) is 11.3 Å². The van der Waals surface area contributed by atoms with Gasteiger partial charge in [-0.15, -0.1) is 0 Å². The number of alkyl halides is 3. The fraction of sp³-hybridized carbons (Fsp3) is 0.222. The fourth-order valence-electron chi connectivity index (χ4n) is 2.73. The molecule has 1 aromatic carbocycles. The van der Waals surface area contributed by atoms with Gasteiger partial charge < -0.3 is 5.32 Å². The van der Waals surface area contributed by atoms with Gasteiger partial charge in [-0.3, -0.25) is 14.2 Å². The maximum atomic E-state index is 13.0. The number of fused-ring (bicyclic) bond motifs is 1. The standard InChI is InChI=1S/C18H15F3N4O2/c1-2-25-15-13(8-5-9-22-15)24-14(17(25)27)16(26)23-10-11-6-3-4-7-12(11)18(19,20)21/h3-9H,2,10H2,1H3,(H,23,26). The molecular formula is C18H15F3N4O2. The zero-order chi connectivity index (χ0) is 19.6. The summed E-state index contributed by atoms with van der Waals surface area (Å²) in [6.45, 7) is 1.61. The van der Waals surface area contributed by atoms with Crippen molar-refractivity contribution < 1.29 is 18.0 Å². The van der Waals surface area contributed by atoms with Crippen molar-refractivity contribution in [1.29, 1.82) is 0 Å². The van der Waals surface area contributed by atoms with Crippen LogP contribution in [-0.4, -0.2) is 20.4 Å². The van der Waals surface area contributed by atoms with Crippen molar-refractivity contribution in [2.75, 3.05) is 0 Å². The molecule has 2 aromatic heterocycles. The normalized spacial score (nSPS) is 11.6. The minimum absolute atomic E-state index is 0.100. The van der Waals surface area contributed by atoms with Crippen LogP contribution in [0.2, 0.25) is 0 Å². The number of hydrogen-bond donors (Lipinski definition) is 1. The summed E-state index contributed by atoms with van der Waals surface area (Å²) >= 11 is 0. The van der Waals surface area contributed by atoms with Crippen LogP contribution in [0, 0.1) is 0 Å². The van der Waals surface area contributed by atoms with Gasteiger partial charge >= 0.3 is 6.18 Å². The average Bonchev–Trinajstić information content (AvgIpc) is 2.65. The molecule has 2 heterocycles. The molecule has 0 atom stereocenters. The van der Waals surface area contributed by atoms with Crippen LogP contribution >= 0.6 is 0 Å². The van der Waals surface area contributed by atoms with Crippen LogP contribution < -0.4 is 10.9 Å². The molecule has 0 aliphatic carbocycles. The lowest BCUT2D eigenvalue weighted by Gasteiger charge is -2.13. The van der Waals surface area contributed by atoms with Gasteiger partial charge in [0.05, 0.1) is 5.56 Å². The first-order valence-electron chi connectivity index (χ1n) is 8.11. The molecule has 140 valence electrons. The third kappa shape index (κ3) is 3.67. The van der Waals surface area contributed by atoms with E-state index in [0.717, 1.165) is 6.07 Å². The molecule has 1 N–H and O–H groups in total. The van der Waals surface area contributed by atoms with E-state index >= 15 is 0 Å². The smallest absolute Gasteiger partial charge is 0.346 e. The van der Waals surface area contributed by atoms with Crippen molar-refractivity contribution in [3.63, 3.8) is 0 Å². The molecule has 1 amide bonds. The molecule has 9 heteroatoms. The molecule has 27 heavy (non-hydrogen) atoms. The number of carbonyl (C=O) groups is 1. The largest absolute Gasteiger partial charge is 0.416 e. The first-order chi connectivity index (χ1) is 12.8. The Morgan fingerprint density at radius 3 is 2.63 bits per heavy atom. The Hall–Kier alpha value is -3.23. The minimum Gasteiger partial charge on any atom is -0.346 e. The first-order valence-corrected chi connectivity index (χ1v) is 8.11. The molecule has 0 saturated heterocycles. The summed E-state index contributed by atoms with van der Waals surface area (Å²) in [5.74, 6) is -0.843. The topological polar surface area (TPSA) is 76.9 Å². The number of nitrogens with one attached hydrogen (secondary N) is 1. The lowest BCUT2D eigenvalue weighted by Crippen LogP contribution is -2.35. The number of carbonyl (C=O) groups excluding carboxylic acids is 1. The van der Waals surface area contributed by atoms with E-state index in [1.807, 2.05) is 0 Å². The lowest BCUT2D eigenvalue weighted by molar-refractivity contribution is -0.138. The molecule has 0 bridgehead atoms. The molecule has 3 aromatic rings. The second kappa shape index (κ2) is 7.18. The zero-order valence-corrected chi connectivity index (χ0v) is 14.2. The van der Waals surface area contributed by atoms with Gasteiger partial charge in [0, 0.05) is 19.3 Å². The van der Waals surface area contributed by atoms with Crippen molar-refractivity contribution in [2.45, 2.75) is 26.2 Å². The third-order valence-corrected chi connectivity index (χ3v) is 4.00. The number of pyridine rings is 1. The molecule has 0 aliphatic rings. The van der Waals surface area contributed by atoms with E-state index < -0.39 is 23.2 Å². The van der Waals surface area contributed by atoms with Crippen LogP contribution in [-0.2, 0) is 19.3 Å². The van der Waals surface area contributed by atoms with E-state index in [1.54, 1.807) is 19.1 Å². The van der Waals surface area contributed by atoms with Crippen molar-refractivity contribution in [1.82, 2.24) is 19.9 Å². The predicted octanol–water partition coefficient (Wildman–Crippen LogP) is 2.76. The molecule has 0 spiro atoms. The van der Waals surface area contributed by atoms with Crippen molar-refractivity contribution in [3.05, 3.63) is 69.8 Å². The Bertz CT molecular complexity index is 1060. The van der Waals surface area contributed by atoms with Crippen LogP contribution in [0.25, 0.3) is 11.2 Å². The second-order valence-electron chi connectivity index (χ2n) is 5.69. The Labute approximate surface area is 151 Å². The van der Waals surface area contributed by atoms with Crippen LogP contribution in [0.4, 0.5) is 13.2 Å². The van der Waals surface area contributed by atoms with Crippen LogP contribution in [0.15, 0.2) is 47.4 Å². The number of benzene rings is 1. The van der Waals surface area contributed by atoms with Crippen LogP contribution in [0.3, 0.4) is 0 Å². The molecule has 3 rings (SSSR count). The summed E-state index contributed by atoms with van der Waals surface area (Å²) in [5, 5.41) is 2.35. The third-order valence-electron chi connectivity index (χ3n) is 4.00. The van der Waals surface area contributed by atoms with Gasteiger partial charge in [0.2, 0.25) is 0 Å². The van der Waals surface area contributed by atoms with Crippen LogP contribution in [0.5, 0.6) is 0 Å². The summed E-state index contributed by atoms with van der Waals surface area (Å²) in [4.78, 5) is 33.1. The molecular weight excluding hydrogens is 361 g/mol. The first kappa shape index (κ1) is 18.6. The molecule has 0 radical (unpaired) electrons. The van der Waals surface area contributed by atoms with Crippen molar-refractivity contribution in [2.24, 2.45) is 0 Å². The monoisotopic (exact) mass is 376 g/mol. The maximum Gasteiger partial charge on any atom is 0.416 e. The number of aryl methyl sites for hydroxylation is 1. The Morgan fingerprint density at radius 1 is 1.19 bits per heavy atom. The van der Waals surface area contributed by atoms with Gasteiger partial charge in [-0.2, -0.15) is 13.2 Å². The molecule has 0 saturated carbocycles. The second-order valence-corrected chi connectivity index (χ2v) is 5.69. The average molecular weight is 376 g/mol. The van der Waals surface area contributed by atoms with Gasteiger partial charge in [0.1, 0.15) is 5.52 Å². The molecule has 0 unspecified atom stereocenters. The van der Waals surface area contributed by atoms with Gasteiger partial charge in [-0.25, -0.2) is 9.97 Å². The van der Waals surface area contributed by atoms with E-state index in [-0.39, 0.29) is 24.3 Å². The van der Waals surface area contributed by atoms with Crippen LogP contribution in [0.1, 0.15) is 28.5 Å². The summed E-state index contributed by atoms with van der Waals surface area (Å²) in [6.07, 6.45) is -3.04. The summed E-state index contributed by atoms with van der Waals surface area (Å²) < 4.78 is 40.4. The molecule has 6 nitrogen and oxygen atoms in total. The Balaban J connectivity index is 1.92. The van der Waals surface area contributed by atoms with E-state index in [9.17, 15) is 22.8 Å². The Kier molecular flexibility index (Phi) is 4.93. The number of amides is 1. The van der Waals surface area contributed by atoms with E-state index in [0.29, 0.717) is 11.2 Å². The Morgan fingerprint density at radius 2 is 1.93 bits per heavy atom. The quantitative estimate of drug-likeness (QED) is 0.760. The number of aromatic nitrogens is 3. The molecule has 0 fully saturated rings. The van der Waals surface area contributed by atoms with Gasteiger partial charge in [-0.1, -0.05) is 18.2 Å². The van der Waals surface area contributed by atoms with E-state index in [2.05, 4.69) is 15.3 Å². The van der Waals surface area contributed by atoms with Crippen molar-refractivity contribution >= 4 is 17.1 Å². The lowest BCUT2D eigenvalue weighted by atomic mass is 10.1. The predicted molar refractivity (Wildman–Crippen MR) is 92.1 cm³/mol. The number of halogens is 3. The highest BCUT2D eigenvalue weighted by Crippen LogP contribution is 2.31. The highest BCUT2D eigenvalue weighted by atomic mass is 19.4.